The molecule has 0 bridgehead atoms. The van der Waals surface area contributed by atoms with Gasteiger partial charge < -0.3 is 19.3 Å². The highest BCUT2D eigenvalue weighted by Crippen LogP contribution is 2.39. The molecule has 0 aliphatic carbocycles. The van der Waals surface area contributed by atoms with Crippen molar-refractivity contribution in [1.29, 1.82) is 0 Å². The summed E-state index contributed by atoms with van der Waals surface area (Å²) in [5.41, 5.74) is 2.39. The second kappa shape index (κ2) is 11.3. The molecular weight excluding hydrogens is 602 g/mol. The molecule has 0 radical (unpaired) electrons. The largest absolute Gasteiger partial charge is 0.454 e. The maximum absolute atomic E-state index is 13.9. The Balaban J connectivity index is 1.16. The van der Waals surface area contributed by atoms with E-state index < -0.39 is 15.7 Å². The smallest absolute Gasteiger partial charge is 0.259 e. The van der Waals surface area contributed by atoms with E-state index in [9.17, 15) is 18.0 Å². The molecule has 0 atom stereocenters. The molecule has 0 spiro atoms. The average molecular weight is 630 g/mol. The number of piperazine rings is 1. The number of ether oxygens (including phenoxy) is 2. The van der Waals surface area contributed by atoms with Gasteiger partial charge in [-0.1, -0.05) is 41.9 Å². The summed E-state index contributed by atoms with van der Waals surface area (Å²) >= 11 is 6.22. The van der Waals surface area contributed by atoms with E-state index in [0.717, 1.165) is 29.2 Å². The van der Waals surface area contributed by atoms with Crippen LogP contribution < -0.4 is 14.4 Å². The molecule has 3 heterocycles. The summed E-state index contributed by atoms with van der Waals surface area (Å²) in [5, 5.41) is 0.500. The fourth-order valence-corrected chi connectivity index (χ4v) is 7.75. The molecule has 1 fully saturated rings. The number of benzene rings is 4. The van der Waals surface area contributed by atoms with Gasteiger partial charge in [0.25, 0.3) is 11.8 Å². The minimum absolute atomic E-state index is 0.0251. The van der Waals surface area contributed by atoms with Crippen LogP contribution >= 0.6 is 11.6 Å². The molecule has 11 heteroatoms. The van der Waals surface area contributed by atoms with Gasteiger partial charge in [0.1, 0.15) is 0 Å². The third-order valence-electron chi connectivity index (χ3n) is 8.17. The summed E-state index contributed by atoms with van der Waals surface area (Å²) in [6.45, 7) is 3.39. The molecule has 9 nitrogen and oxygen atoms in total. The molecule has 0 aromatic heterocycles. The number of rotatable bonds is 5. The number of sulfone groups is 1. The summed E-state index contributed by atoms with van der Waals surface area (Å²) in [4.78, 5) is 33.0. The number of carbonyl (C=O) groups is 2. The lowest BCUT2D eigenvalue weighted by Crippen LogP contribution is -2.48. The predicted molar refractivity (Wildman–Crippen MR) is 164 cm³/mol. The first kappa shape index (κ1) is 28.4. The SMILES string of the molecule is O=C(c1ccc2c(c1)N(Cc1cccc(Cl)c1)C(=O)c1ccccc1S2(=O)=O)N1CCN(Cc2ccc3c(c2)OCO3)CC1. The van der Waals surface area contributed by atoms with E-state index in [0.29, 0.717) is 36.8 Å². The topological polar surface area (TPSA) is 96.5 Å². The minimum Gasteiger partial charge on any atom is -0.454 e. The Morgan fingerprint density at radius 2 is 1.55 bits per heavy atom. The predicted octanol–water partition coefficient (Wildman–Crippen LogP) is 5.02. The maximum Gasteiger partial charge on any atom is 0.259 e. The zero-order valence-corrected chi connectivity index (χ0v) is 25.2. The Labute approximate surface area is 260 Å². The van der Waals surface area contributed by atoms with Gasteiger partial charge in [0.05, 0.1) is 27.6 Å². The molecule has 2 amide bonds. The molecule has 1 saturated heterocycles. The molecule has 3 aliphatic heterocycles. The van der Waals surface area contributed by atoms with E-state index in [-0.39, 0.29) is 40.3 Å². The first-order chi connectivity index (χ1) is 21.3. The average Bonchev–Trinajstić information content (AvgIpc) is 3.49. The highest BCUT2D eigenvalue weighted by Gasteiger charge is 2.36. The van der Waals surface area contributed by atoms with Gasteiger partial charge in [-0.3, -0.25) is 14.5 Å². The van der Waals surface area contributed by atoms with Crippen molar-refractivity contribution < 1.29 is 27.5 Å². The minimum atomic E-state index is -4.05. The quantitative estimate of drug-likeness (QED) is 0.306. The van der Waals surface area contributed by atoms with Crippen LogP contribution in [0.4, 0.5) is 5.69 Å². The molecule has 0 unspecified atom stereocenters. The summed E-state index contributed by atoms with van der Waals surface area (Å²) < 4.78 is 38.6. The Morgan fingerprint density at radius 1 is 0.773 bits per heavy atom. The van der Waals surface area contributed by atoms with Crippen molar-refractivity contribution in [3.63, 3.8) is 0 Å². The van der Waals surface area contributed by atoms with Crippen molar-refractivity contribution in [3.8, 4) is 11.5 Å². The van der Waals surface area contributed by atoms with Gasteiger partial charge in [-0.2, -0.15) is 0 Å². The number of hydrogen-bond donors (Lipinski definition) is 0. The number of halogens is 1. The molecule has 4 aromatic rings. The number of amides is 2. The van der Waals surface area contributed by atoms with Crippen LogP contribution in [-0.4, -0.2) is 63.0 Å². The van der Waals surface area contributed by atoms with Gasteiger partial charge in [-0.05, 0) is 65.7 Å². The Kier molecular flexibility index (Phi) is 7.28. The number of carbonyl (C=O) groups excluding carboxylic acids is 2. The summed E-state index contributed by atoms with van der Waals surface area (Å²) in [6, 6.07) is 23.7. The van der Waals surface area contributed by atoms with Crippen LogP contribution in [0.1, 0.15) is 31.8 Å². The highest BCUT2D eigenvalue weighted by atomic mass is 35.5. The second-order valence-corrected chi connectivity index (χ2v) is 13.3. The lowest BCUT2D eigenvalue weighted by Gasteiger charge is -2.35. The number of hydrogen-bond acceptors (Lipinski definition) is 7. The zero-order chi connectivity index (χ0) is 30.4. The lowest BCUT2D eigenvalue weighted by molar-refractivity contribution is 0.0628. The lowest BCUT2D eigenvalue weighted by atomic mass is 10.1. The summed E-state index contributed by atoms with van der Waals surface area (Å²) in [5.74, 6) is 0.802. The molecule has 7 rings (SSSR count). The third-order valence-corrected chi connectivity index (χ3v) is 10.3. The molecule has 224 valence electrons. The standard InChI is InChI=1S/C33H28ClN3O6S/c34-25-5-3-4-22(16-25)20-37-27-18-24(9-11-31(27)44(40,41)30-7-2-1-6-26(30)33(37)39)32(38)36-14-12-35(13-15-36)19-23-8-10-28-29(17-23)43-21-42-28/h1-11,16-18H,12-15,19-21H2. The number of fused-ring (bicyclic) bond motifs is 3. The van der Waals surface area contributed by atoms with E-state index in [1.165, 1.54) is 35.2 Å². The Morgan fingerprint density at radius 3 is 2.36 bits per heavy atom. The van der Waals surface area contributed by atoms with Gasteiger partial charge in [0, 0.05) is 43.3 Å². The Bertz CT molecular complexity index is 1910. The van der Waals surface area contributed by atoms with Crippen LogP contribution in [0, 0.1) is 0 Å². The van der Waals surface area contributed by atoms with E-state index >= 15 is 0 Å². The molecule has 0 saturated carbocycles. The van der Waals surface area contributed by atoms with Crippen molar-refractivity contribution in [1.82, 2.24) is 9.80 Å². The van der Waals surface area contributed by atoms with Crippen molar-refractivity contribution in [2.24, 2.45) is 0 Å². The van der Waals surface area contributed by atoms with Crippen LogP contribution in [0.3, 0.4) is 0 Å². The first-order valence-electron chi connectivity index (χ1n) is 14.2. The summed E-state index contributed by atoms with van der Waals surface area (Å²) in [6.07, 6.45) is 0. The van der Waals surface area contributed by atoms with Crippen LogP contribution in [0.15, 0.2) is 94.7 Å². The van der Waals surface area contributed by atoms with Crippen molar-refractivity contribution in [3.05, 3.63) is 112 Å². The maximum atomic E-state index is 13.9. The van der Waals surface area contributed by atoms with Gasteiger partial charge >= 0.3 is 0 Å². The normalized spacial score (nSPS) is 17.2. The molecule has 0 N–H and O–H groups in total. The van der Waals surface area contributed by atoms with Gasteiger partial charge in [0.15, 0.2) is 11.5 Å². The zero-order valence-electron chi connectivity index (χ0n) is 23.6. The fourth-order valence-electron chi connectivity index (χ4n) is 5.90. The van der Waals surface area contributed by atoms with E-state index in [1.807, 2.05) is 24.3 Å². The van der Waals surface area contributed by atoms with Crippen molar-refractivity contribution >= 4 is 38.9 Å². The fraction of sp³-hybridized carbons (Fsp3) is 0.212. The summed E-state index contributed by atoms with van der Waals surface area (Å²) in [7, 11) is -4.05. The monoisotopic (exact) mass is 629 g/mol. The van der Waals surface area contributed by atoms with Crippen molar-refractivity contribution in [2.45, 2.75) is 22.9 Å². The molecule has 44 heavy (non-hydrogen) atoms. The molecule has 4 aromatic carbocycles. The first-order valence-corrected chi connectivity index (χ1v) is 16.1. The van der Waals surface area contributed by atoms with Gasteiger partial charge in [-0.25, -0.2) is 8.42 Å². The van der Waals surface area contributed by atoms with Crippen LogP contribution in [-0.2, 0) is 22.9 Å². The van der Waals surface area contributed by atoms with Crippen LogP contribution in [0.2, 0.25) is 5.02 Å². The Hall–Kier alpha value is -4.38. The van der Waals surface area contributed by atoms with Crippen LogP contribution in [0.25, 0.3) is 0 Å². The van der Waals surface area contributed by atoms with Crippen molar-refractivity contribution in [2.75, 3.05) is 37.9 Å². The van der Waals surface area contributed by atoms with E-state index in [2.05, 4.69) is 4.90 Å². The van der Waals surface area contributed by atoms with Gasteiger partial charge in [0.2, 0.25) is 16.6 Å². The molecular formula is C33H28ClN3O6S. The second-order valence-electron chi connectivity index (χ2n) is 11.0. The van der Waals surface area contributed by atoms with Crippen LogP contribution in [0.5, 0.6) is 11.5 Å². The number of nitrogens with zero attached hydrogens (tertiary/aromatic N) is 3. The number of anilines is 1. The third kappa shape index (κ3) is 5.19. The van der Waals surface area contributed by atoms with Gasteiger partial charge in [-0.15, -0.1) is 0 Å². The molecule has 3 aliphatic rings. The van der Waals surface area contributed by atoms with E-state index in [1.54, 1.807) is 35.2 Å². The highest BCUT2D eigenvalue weighted by molar-refractivity contribution is 7.91. The van der Waals surface area contributed by atoms with E-state index in [4.69, 9.17) is 21.1 Å².